The van der Waals surface area contributed by atoms with Crippen molar-refractivity contribution in [3.8, 4) is 6.07 Å². The zero-order valence-electron chi connectivity index (χ0n) is 11.4. The van der Waals surface area contributed by atoms with Gasteiger partial charge in [0, 0.05) is 25.8 Å². The molecular weight excluding hydrogens is 258 g/mol. The molecule has 0 spiro atoms. The van der Waals surface area contributed by atoms with Crippen molar-refractivity contribution in [3.63, 3.8) is 0 Å². The minimum atomic E-state index is -0.463. The van der Waals surface area contributed by atoms with E-state index in [0.29, 0.717) is 17.8 Å². The number of nitriles is 1. The summed E-state index contributed by atoms with van der Waals surface area (Å²) >= 11 is 0. The monoisotopic (exact) mass is 275 g/mol. The van der Waals surface area contributed by atoms with Crippen LogP contribution in [-0.2, 0) is 4.74 Å². The Morgan fingerprint density at radius 2 is 2.20 bits per heavy atom. The molecular formula is C14H17N3O3. The van der Waals surface area contributed by atoms with Crippen LogP contribution in [0.2, 0.25) is 0 Å². The Morgan fingerprint density at radius 3 is 2.80 bits per heavy atom. The molecule has 1 aliphatic heterocycles. The average molecular weight is 275 g/mol. The number of ether oxygens (including phenoxy) is 1. The molecule has 1 fully saturated rings. The van der Waals surface area contributed by atoms with Crippen molar-refractivity contribution in [3.05, 3.63) is 33.9 Å². The molecule has 2 rings (SSSR count). The van der Waals surface area contributed by atoms with Crippen molar-refractivity contribution in [1.82, 2.24) is 0 Å². The Kier molecular flexibility index (Phi) is 4.20. The molecule has 1 aromatic rings. The van der Waals surface area contributed by atoms with Gasteiger partial charge >= 0.3 is 0 Å². The molecule has 106 valence electrons. The summed E-state index contributed by atoms with van der Waals surface area (Å²) in [5.41, 5.74) is 0.779. The lowest BCUT2D eigenvalue weighted by atomic mass is 9.82. The molecule has 0 aromatic heterocycles. The standard InChI is InChI=1S/C14H17N3O3/c1-14(4-6-20-7-5-14)10-16-12-3-2-11(9-15)8-13(12)17(18)19/h2-3,8,16H,4-7,10H2,1H3. The summed E-state index contributed by atoms with van der Waals surface area (Å²) in [6.45, 7) is 4.27. The zero-order valence-corrected chi connectivity index (χ0v) is 11.4. The van der Waals surface area contributed by atoms with E-state index in [-0.39, 0.29) is 11.1 Å². The van der Waals surface area contributed by atoms with E-state index in [1.165, 1.54) is 6.07 Å². The van der Waals surface area contributed by atoms with Crippen LogP contribution in [0.3, 0.4) is 0 Å². The largest absolute Gasteiger partial charge is 0.381 e. The molecule has 1 aromatic carbocycles. The fraction of sp³-hybridized carbons (Fsp3) is 0.500. The van der Waals surface area contributed by atoms with Crippen molar-refractivity contribution < 1.29 is 9.66 Å². The molecule has 0 amide bonds. The molecule has 1 aliphatic rings. The van der Waals surface area contributed by atoms with E-state index >= 15 is 0 Å². The predicted octanol–water partition coefficient (Wildman–Crippen LogP) is 2.70. The highest BCUT2D eigenvalue weighted by molar-refractivity contribution is 5.64. The van der Waals surface area contributed by atoms with Crippen LogP contribution < -0.4 is 5.32 Å². The summed E-state index contributed by atoms with van der Waals surface area (Å²) in [5.74, 6) is 0. The van der Waals surface area contributed by atoms with E-state index in [2.05, 4.69) is 12.2 Å². The third-order valence-corrected chi connectivity index (χ3v) is 3.73. The molecule has 0 atom stereocenters. The summed E-state index contributed by atoms with van der Waals surface area (Å²) in [6, 6.07) is 6.40. The maximum absolute atomic E-state index is 11.1. The van der Waals surface area contributed by atoms with Gasteiger partial charge in [0.05, 0.1) is 16.6 Å². The van der Waals surface area contributed by atoms with Gasteiger partial charge in [0.1, 0.15) is 5.69 Å². The highest BCUT2D eigenvalue weighted by Crippen LogP contribution is 2.32. The van der Waals surface area contributed by atoms with Crippen molar-refractivity contribution in [2.24, 2.45) is 5.41 Å². The number of rotatable bonds is 4. The molecule has 0 aliphatic carbocycles. The van der Waals surface area contributed by atoms with E-state index in [9.17, 15) is 10.1 Å². The summed E-state index contributed by atoms with van der Waals surface area (Å²) in [4.78, 5) is 10.6. The van der Waals surface area contributed by atoms with Crippen LogP contribution >= 0.6 is 0 Å². The first kappa shape index (κ1) is 14.3. The SMILES string of the molecule is CC1(CNc2ccc(C#N)cc2[N+](=O)[O-])CCOCC1. The second kappa shape index (κ2) is 5.88. The molecule has 20 heavy (non-hydrogen) atoms. The fourth-order valence-corrected chi connectivity index (χ4v) is 2.25. The first-order valence-electron chi connectivity index (χ1n) is 6.54. The Hall–Kier alpha value is -2.13. The van der Waals surface area contributed by atoms with Gasteiger partial charge in [-0.2, -0.15) is 5.26 Å². The predicted molar refractivity (Wildman–Crippen MR) is 74.5 cm³/mol. The van der Waals surface area contributed by atoms with Crippen molar-refractivity contribution in [2.75, 3.05) is 25.1 Å². The van der Waals surface area contributed by atoms with Gasteiger partial charge in [-0.1, -0.05) is 6.92 Å². The normalized spacial score (nSPS) is 17.2. The number of nitrogens with zero attached hydrogens (tertiary/aromatic N) is 2. The van der Waals surface area contributed by atoms with E-state index in [1.807, 2.05) is 6.07 Å². The second-order valence-electron chi connectivity index (χ2n) is 5.38. The van der Waals surface area contributed by atoms with Crippen LogP contribution in [0.4, 0.5) is 11.4 Å². The van der Waals surface area contributed by atoms with Crippen LogP contribution in [0.25, 0.3) is 0 Å². The van der Waals surface area contributed by atoms with Gasteiger partial charge in [-0.05, 0) is 30.4 Å². The van der Waals surface area contributed by atoms with Gasteiger partial charge < -0.3 is 10.1 Å². The van der Waals surface area contributed by atoms with Crippen LogP contribution in [0.15, 0.2) is 18.2 Å². The minimum Gasteiger partial charge on any atom is -0.381 e. The molecule has 6 nitrogen and oxygen atoms in total. The molecule has 0 radical (unpaired) electrons. The van der Waals surface area contributed by atoms with Crippen LogP contribution in [0, 0.1) is 26.9 Å². The van der Waals surface area contributed by atoms with Crippen LogP contribution in [0.5, 0.6) is 0 Å². The Balaban J connectivity index is 2.13. The lowest BCUT2D eigenvalue weighted by Gasteiger charge is -2.33. The highest BCUT2D eigenvalue weighted by Gasteiger charge is 2.28. The number of benzene rings is 1. The highest BCUT2D eigenvalue weighted by atomic mass is 16.6. The summed E-state index contributed by atoms with van der Waals surface area (Å²) in [6.07, 6.45) is 1.87. The molecule has 1 heterocycles. The van der Waals surface area contributed by atoms with E-state index in [0.717, 1.165) is 26.1 Å². The second-order valence-corrected chi connectivity index (χ2v) is 5.38. The smallest absolute Gasteiger partial charge is 0.293 e. The van der Waals surface area contributed by atoms with Gasteiger partial charge in [-0.25, -0.2) is 0 Å². The van der Waals surface area contributed by atoms with Gasteiger partial charge in [0.2, 0.25) is 0 Å². The first-order chi connectivity index (χ1) is 9.54. The van der Waals surface area contributed by atoms with E-state index < -0.39 is 4.92 Å². The Labute approximate surface area is 117 Å². The number of hydrogen-bond acceptors (Lipinski definition) is 5. The van der Waals surface area contributed by atoms with Crippen molar-refractivity contribution in [1.29, 1.82) is 5.26 Å². The summed E-state index contributed by atoms with van der Waals surface area (Å²) < 4.78 is 5.34. The van der Waals surface area contributed by atoms with Gasteiger partial charge in [-0.15, -0.1) is 0 Å². The van der Waals surface area contributed by atoms with Gasteiger partial charge in [0.25, 0.3) is 5.69 Å². The molecule has 1 N–H and O–H groups in total. The molecule has 6 heteroatoms. The topological polar surface area (TPSA) is 88.2 Å². The number of nitrogens with one attached hydrogen (secondary N) is 1. The molecule has 0 bridgehead atoms. The molecule has 1 saturated heterocycles. The lowest BCUT2D eigenvalue weighted by Crippen LogP contribution is -2.33. The zero-order chi connectivity index (χ0) is 14.6. The third kappa shape index (κ3) is 3.25. The lowest BCUT2D eigenvalue weighted by molar-refractivity contribution is -0.384. The number of nitro groups is 1. The molecule has 0 saturated carbocycles. The Bertz CT molecular complexity index is 545. The fourth-order valence-electron chi connectivity index (χ4n) is 2.25. The van der Waals surface area contributed by atoms with Gasteiger partial charge in [0.15, 0.2) is 0 Å². The third-order valence-electron chi connectivity index (χ3n) is 3.73. The number of hydrogen-bond donors (Lipinski definition) is 1. The van der Waals surface area contributed by atoms with Crippen molar-refractivity contribution in [2.45, 2.75) is 19.8 Å². The summed E-state index contributed by atoms with van der Waals surface area (Å²) in [5, 5.41) is 23.0. The number of nitro benzene ring substituents is 1. The summed E-state index contributed by atoms with van der Waals surface area (Å²) in [7, 11) is 0. The van der Waals surface area contributed by atoms with Crippen LogP contribution in [-0.4, -0.2) is 24.7 Å². The van der Waals surface area contributed by atoms with Crippen molar-refractivity contribution >= 4 is 11.4 Å². The van der Waals surface area contributed by atoms with Crippen LogP contribution in [0.1, 0.15) is 25.3 Å². The minimum absolute atomic E-state index is 0.0558. The average Bonchev–Trinajstić information content (AvgIpc) is 2.45. The van der Waals surface area contributed by atoms with E-state index in [4.69, 9.17) is 10.00 Å². The number of anilines is 1. The quantitative estimate of drug-likeness (QED) is 0.674. The first-order valence-corrected chi connectivity index (χ1v) is 6.54. The van der Waals surface area contributed by atoms with E-state index in [1.54, 1.807) is 12.1 Å². The molecule has 0 unspecified atom stereocenters. The Morgan fingerprint density at radius 1 is 1.50 bits per heavy atom. The van der Waals surface area contributed by atoms with Gasteiger partial charge in [-0.3, -0.25) is 10.1 Å². The maximum atomic E-state index is 11.1. The maximum Gasteiger partial charge on any atom is 0.293 e.